The lowest BCUT2D eigenvalue weighted by molar-refractivity contribution is -0.144. The summed E-state index contributed by atoms with van der Waals surface area (Å²) in [5, 5.41) is 2.63. The second-order valence-corrected chi connectivity index (χ2v) is 7.97. The molecule has 0 bridgehead atoms. The molecule has 8 nitrogen and oxygen atoms in total. The van der Waals surface area contributed by atoms with Crippen molar-refractivity contribution < 1.29 is 28.6 Å². The fourth-order valence-electron chi connectivity index (χ4n) is 4.24. The Bertz CT molecular complexity index is 818. The van der Waals surface area contributed by atoms with E-state index in [4.69, 9.17) is 14.2 Å². The molecule has 2 heterocycles. The Hall–Kier alpha value is -2.77. The lowest BCUT2D eigenvalue weighted by atomic mass is 9.95. The predicted molar refractivity (Wildman–Crippen MR) is 107 cm³/mol. The molecule has 30 heavy (non-hydrogen) atoms. The molecule has 0 radical (unpaired) electrons. The first kappa shape index (κ1) is 20.5. The summed E-state index contributed by atoms with van der Waals surface area (Å²) in [6.07, 6.45) is 2.07. The number of hydrogen-bond acceptors (Lipinski definition) is 6. The van der Waals surface area contributed by atoms with Gasteiger partial charge in [0, 0.05) is 24.9 Å². The van der Waals surface area contributed by atoms with E-state index in [0.29, 0.717) is 45.8 Å². The summed E-state index contributed by atoms with van der Waals surface area (Å²) < 4.78 is 16.0. The normalized spacial score (nSPS) is 22.9. The van der Waals surface area contributed by atoms with Gasteiger partial charge in [-0.05, 0) is 49.8 Å². The largest absolute Gasteiger partial charge is 0.486 e. The highest BCUT2D eigenvalue weighted by molar-refractivity contribution is 5.85. The number of ether oxygens (including phenoxy) is 3. The van der Waals surface area contributed by atoms with Crippen LogP contribution in [0.2, 0.25) is 0 Å². The van der Waals surface area contributed by atoms with Crippen LogP contribution in [-0.4, -0.2) is 62.1 Å². The molecule has 4 rings (SSSR count). The topological polar surface area (TPSA) is 94.2 Å². The predicted octanol–water partition coefficient (Wildman–Crippen LogP) is 1.48. The lowest BCUT2D eigenvalue weighted by Gasteiger charge is -2.31. The molecule has 1 saturated carbocycles. The molecule has 1 N–H and O–H groups in total. The van der Waals surface area contributed by atoms with Gasteiger partial charge in [-0.25, -0.2) is 0 Å². The van der Waals surface area contributed by atoms with E-state index < -0.39 is 5.97 Å². The standard InChI is InChI=1S/C22H28N2O6/c1-2-28-20(25)13-23-21(26)14-5-7-24(8-6-14)22(27)17-12-16(17)15-3-4-18-19(11-15)30-10-9-29-18/h3-4,11,14,16-17H,2,5-10,12-13H2,1H3,(H,23,26)/t16-,17-/m0/s1. The summed E-state index contributed by atoms with van der Waals surface area (Å²) in [7, 11) is 0. The van der Waals surface area contributed by atoms with Crippen LogP contribution in [0.15, 0.2) is 18.2 Å². The molecule has 162 valence electrons. The summed E-state index contributed by atoms with van der Waals surface area (Å²) in [5.41, 5.74) is 1.12. The molecule has 3 aliphatic rings. The second kappa shape index (κ2) is 8.93. The molecule has 2 aliphatic heterocycles. The Morgan fingerprint density at radius 1 is 1.13 bits per heavy atom. The number of rotatable bonds is 6. The Balaban J connectivity index is 1.24. The van der Waals surface area contributed by atoms with Gasteiger partial charge in [0.05, 0.1) is 6.61 Å². The molecule has 2 amide bonds. The van der Waals surface area contributed by atoms with Gasteiger partial charge < -0.3 is 24.4 Å². The Morgan fingerprint density at radius 3 is 2.60 bits per heavy atom. The van der Waals surface area contributed by atoms with E-state index in [9.17, 15) is 14.4 Å². The first-order chi connectivity index (χ1) is 14.6. The van der Waals surface area contributed by atoms with E-state index in [1.165, 1.54) is 0 Å². The van der Waals surface area contributed by atoms with Crippen molar-refractivity contribution in [2.24, 2.45) is 11.8 Å². The van der Waals surface area contributed by atoms with Gasteiger partial charge in [-0.3, -0.25) is 14.4 Å². The lowest BCUT2D eigenvalue weighted by Crippen LogP contribution is -2.44. The van der Waals surface area contributed by atoms with Crippen molar-refractivity contribution in [3.05, 3.63) is 23.8 Å². The SMILES string of the molecule is CCOC(=O)CNC(=O)C1CCN(C(=O)[C@H]2C[C@H]2c2ccc3c(c2)OCCO3)CC1. The van der Waals surface area contributed by atoms with Crippen molar-refractivity contribution in [1.29, 1.82) is 0 Å². The minimum absolute atomic E-state index is 0.00162. The van der Waals surface area contributed by atoms with Crippen LogP contribution in [0.1, 0.15) is 37.7 Å². The smallest absolute Gasteiger partial charge is 0.325 e. The summed E-state index contributed by atoms with van der Waals surface area (Å²) in [4.78, 5) is 38.4. The average molecular weight is 416 g/mol. The fourth-order valence-corrected chi connectivity index (χ4v) is 4.24. The van der Waals surface area contributed by atoms with Crippen molar-refractivity contribution in [3.63, 3.8) is 0 Å². The number of amides is 2. The maximum atomic E-state index is 12.9. The quantitative estimate of drug-likeness (QED) is 0.706. The number of nitrogens with one attached hydrogen (secondary N) is 1. The van der Waals surface area contributed by atoms with Gasteiger partial charge in [0.15, 0.2) is 11.5 Å². The molecule has 0 spiro atoms. The number of fused-ring (bicyclic) bond motifs is 1. The average Bonchev–Trinajstić information content (AvgIpc) is 3.58. The van der Waals surface area contributed by atoms with E-state index in [2.05, 4.69) is 5.32 Å². The van der Waals surface area contributed by atoms with Crippen molar-refractivity contribution in [2.45, 2.75) is 32.1 Å². The number of benzene rings is 1. The summed E-state index contributed by atoms with van der Waals surface area (Å²) in [5.74, 6) is 1.16. The zero-order valence-corrected chi connectivity index (χ0v) is 17.2. The number of likely N-dealkylation sites (tertiary alicyclic amines) is 1. The Morgan fingerprint density at radius 2 is 1.87 bits per heavy atom. The molecule has 0 aromatic heterocycles. The molecule has 1 aliphatic carbocycles. The van der Waals surface area contributed by atoms with Crippen molar-refractivity contribution >= 4 is 17.8 Å². The summed E-state index contributed by atoms with van der Waals surface area (Å²) >= 11 is 0. The maximum absolute atomic E-state index is 12.9. The van der Waals surface area contributed by atoms with Gasteiger partial charge in [-0.2, -0.15) is 0 Å². The van der Waals surface area contributed by atoms with Crippen molar-refractivity contribution in [1.82, 2.24) is 10.2 Å². The molecule has 8 heteroatoms. The molecule has 1 aromatic carbocycles. The van der Waals surface area contributed by atoms with Crippen LogP contribution in [0.3, 0.4) is 0 Å². The minimum Gasteiger partial charge on any atom is -0.486 e. The number of nitrogens with zero attached hydrogens (tertiary/aromatic N) is 1. The van der Waals surface area contributed by atoms with Gasteiger partial charge >= 0.3 is 5.97 Å². The number of esters is 1. The van der Waals surface area contributed by atoms with E-state index in [0.717, 1.165) is 23.5 Å². The minimum atomic E-state index is -0.433. The van der Waals surface area contributed by atoms with Gasteiger partial charge in [0.1, 0.15) is 19.8 Å². The van der Waals surface area contributed by atoms with Gasteiger partial charge in [-0.1, -0.05) is 6.07 Å². The number of hydrogen-bond donors (Lipinski definition) is 1. The third-order valence-electron chi connectivity index (χ3n) is 5.99. The molecule has 2 atom stereocenters. The number of carbonyl (C=O) groups excluding carboxylic acids is 3. The summed E-state index contributed by atoms with van der Waals surface area (Å²) in [6, 6.07) is 5.93. The van der Waals surface area contributed by atoms with E-state index >= 15 is 0 Å². The molecular weight excluding hydrogens is 388 g/mol. The van der Waals surface area contributed by atoms with Crippen LogP contribution in [0, 0.1) is 11.8 Å². The van der Waals surface area contributed by atoms with Gasteiger partial charge in [-0.15, -0.1) is 0 Å². The molecule has 1 aromatic rings. The zero-order valence-electron chi connectivity index (χ0n) is 17.2. The van der Waals surface area contributed by atoms with Crippen molar-refractivity contribution in [2.75, 3.05) is 39.5 Å². The van der Waals surface area contributed by atoms with Crippen LogP contribution < -0.4 is 14.8 Å². The highest BCUT2D eigenvalue weighted by atomic mass is 16.6. The monoisotopic (exact) mass is 416 g/mol. The van der Waals surface area contributed by atoms with Crippen LogP contribution in [-0.2, 0) is 19.1 Å². The van der Waals surface area contributed by atoms with E-state index in [1.807, 2.05) is 23.1 Å². The first-order valence-electron chi connectivity index (χ1n) is 10.7. The summed E-state index contributed by atoms with van der Waals surface area (Å²) in [6.45, 7) is 4.17. The van der Waals surface area contributed by atoms with Crippen LogP contribution in [0.4, 0.5) is 0 Å². The highest BCUT2D eigenvalue weighted by Gasteiger charge is 2.46. The van der Waals surface area contributed by atoms with Crippen molar-refractivity contribution in [3.8, 4) is 11.5 Å². The van der Waals surface area contributed by atoms with Crippen LogP contribution in [0.5, 0.6) is 11.5 Å². The molecule has 1 saturated heterocycles. The molecular formula is C22H28N2O6. The first-order valence-corrected chi connectivity index (χ1v) is 10.7. The zero-order chi connectivity index (χ0) is 21.1. The highest BCUT2D eigenvalue weighted by Crippen LogP contribution is 2.50. The maximum Gasteiger partial charge on any atom is 0.325 e. The van der Waals surface area contributed by atoms with E-state index in [1.54, 1.807) is 6.92 Å². The van der Waals surface area contributed by atoms with Crippen LogP contribution >= 0.6 is 0 Å². The molecule has 0 unspecified atom stereocenters. The number of piperidine rings is 1. The number of carbonyl (C=O) groups is 3. The fraction of sp³-hybridized carbons (Fsp3) is 0.591. The second-order valence-electron chi connectivity index (χ2n) is 7.97. The molecule has 2 fully saturated rings. The van der Waals surface area contributed by atoms with Gasteiger partial charge in [0.25, 0.3) is 0 Å². The van der Waals surface area contributed by atoms with E-state index in [-0.39, 0.29) is 36.1 Å². The Kier molecular flexibility index (Phi) is 6.11. The van der Waals surface area contributed by atoms with Gasteiger partial charge in [0.2, 0.25) is 11.8 Å². The third-order valence-corrected chi connectivity index (χ3v) is 5.99. The third kappa shape index (κ3) is 4.52. The van der Waals surface area contributed by atoms with Crippen LogP contribution in [0.25, 0.3) is 0 Å². The Labute approximate surface area is 175 Å².